The number of nitrogens with zero attached hydrogens (tertiary/aromatic N) is 3. The van der Waals surface area contributed by atoms with E-state index in [4.69, 9.17) is 4.74 Å². The third-order valence-corrected chi connectivity index (χ3v) is 8.75. The van der Waals surface area contributed by atoms with Crippen molar-refractivity contribution in [1.29, 1.82) is 0 Å². The van der Waals surface area contributed by atoms with Gasteiger partial charge >= 0.3 is 0 Å². The van der Waals surface area contributed by atoms with Crippen LogP contribution in [0.25, 0.3) is 5.69 Å². The van der Waals surface area contributed by atoms with Gasteiger partial charge in [-0.25, -0.2) is 4.68 Å². The van der Waals surface area contributed by atoms with Crippen LogP contribution in [-0.4, -0.2) is 51.0 Å². The number of aliphatic hydroxyl groups is 1. The molecule has 4 bridgehead atoms. The zero-order valence-electron chi connectivity index (χ0n) is 19.3. The van der Waals surface area contributed by atoms with E-state index in [1.54, 1.807) is 13.3 Å². The Morgan fingerprint density at radius 1 is 1.09 bits per heavy atom. The third-order valence-electron chi connectivity index (χ3n) is 8.75. The summed E-state index contributed by atoms with van der Waals surface area (Å²) >= 11 is 0. The Morgan fingerprint density at radius 3 is 2.41 bits per heavy atom. The summed E-state index contributed by atoms with van der Waals surface area (Å²) < 4.78 is 7.24. The minimum Gasteiger partial charge on any atom is -0.497 e. The molecule has 1 aromatic carbocycles. The highest BCUT2D eigenvalue weighted by Crippen LogP contribution is 2.57. The number of ether oxygens (including phenoxy) is 1. The van der Waals surface area contributed by atoms with Crippen LogP contribution in [0, 0.1) is 17.8 Å². The zero-order chi connectivity index (χ0) is 22.3. The van der Waals surface area contributed by atoms with Gasteiger partial charge in [-0.05, 0) is 80.5 Å². The SMILES string of the molecule is COc1ccc(-n2ncc3c2C(C)(C)CCN(C2[C@@H]4CC5C[C@H]2CC(O)(C5)C4)C3=O)cc1. The Labute approximate surface area is 189 Å². The summed E-state index contributed by atoms with van der Waals surface area (Å²) in [7, 11) is 1.66. The average Bonchev–Trinajstić information content (AvgIpc) is 3.17. The Bertz CT molecular complexity index is 1040. The van der Waals surface area contributed by atoms with Crippen molar-refractivity contribution in [3.05, 3.63) is 41.7 Å². The van der Waals surface area contributed by atoms with Crippen LogP contribution in [0.1, 0.15) is 68.4 Å². The van der Waals surface area contributed by atoms with Crippen LogP contribution in [-0.2, 0) is 5.41 Å². The van der Waals surface area contributed by atoms with Crippen LogP contribution in [0.2, 0.25) is 0 Å². The molecule has 2 aromatic rings. The minimum absolute atomic E-state index is 0.120. The molecule has 4 saturated carbocycles. The molecule has 0 radical (unpaired) electrons. The molecule has 0 saturated heterocycles. The van der Waals surface area contributed by atoms with Crippen molar-refractivity contribution < 1.29 is 14.6 Å². The van der Waals surface area contributed by atoms with Crippen molar-refractivity contribution in [2.24, 2.45) is 17.8 Å². The molecule has 6 nitrogen and oxygen atoms in total. The van der Waals surface area contributed by atoms with E-state index in [0.29, 0.717) is 17.8 Å². The number of carbonyl (C=O) groups is 1. The van der Waals surface area contributed by atoms with E-state index in [9.17, 15) is 9.90 Å². The molecule has 170 valence electrons. The van der Waals surface area contributed by atoms with Crippen molar-refractivity contribution in [1.82, 2.24) is 14.7 Å². The number of amides is 1. The van der Waals surface area contributed by atoms with Gasteiger partial charge in [-0.1, -0.05) is 13.8 Å². The van der Waals surface area contributed by atoms with E-state index in [1.165, 1.54) is 0 Å². The van der Waals surface area contributed by atoms with Gasteiger partial charge in [0.2, 0.25) is 0 Å². The number of hydrogen-bond donors (Lipinski definition) is 1. The summed E-state index contributed by atoms with van der Waals surface area (Å²) in [6.45, 7) is 5.22. The molecule has 2 heterocycles. The molecular weight excluding hydrogens is 402 g/mol. The van der Waals surface area contributed by atoms with Crippen LogP contribution >= 0.6 is 0 Å². The summed E-state index contributed by atoms with van der Waals surface area (Å²) in [5, 5.41) is 15.7. The summed E-state index contributed by atoms with van der Waals surface area (Å²) in [6.07, 6.45) is 7.67. The standard InChI is InChI=1S/C26H33N3O3/c1-25(2)8-9-28(22-17-10-16-11-18(22)14-26(31,12-16)13-17)24(30)21-15-27-29(23(21)25)19-4-6-20(32-3)7-5-19/h4-7,15-18,22,31H,8-14H2,1-3H3/t16?,17-,18+,22?,26?. The maximum absolute atomic E-state index is 14.0. The summed E-state index contributed by atoms with van der Waals surface area (Å²) in [6, 6.07) is 8.10. The molecule has 5 atom stereocenters. The number of rotatable bonds is 3. The molecule has 0 spiro atoms. The lowest BCUT2D eigenvalue weighted by Gasteiger charge is -2.60. The second-order valence-corrected chi connectivity index (χ2v) is 11.3. The Morgan fingerprint density at radius 2 is 1.78 bits per heavy atom. The third kappa shape index (κ3) is 2.95. The summed E-state index contributed by atoms with van der Waals surface area (Å²) in [5.74, 6) is 2.42. The van der Waals surface area contributed by atoms with E-state index in [2.05, 4.69) is 23.8 Å². The van der Waals surface area contributed by atoms with Crippen LogP contribution in [0.3, 0.4) is 0 Å². The first-order chi connectivity index (χ1) is 15.3. The van der Waals surface area contributed by atoms with Crippen molar-refractivity contribution in [2.75, 3.05) is 13.7 Å². The van der Waals surface area contributed by atoms with Gasteiger partial charge in [0.05, 0.1) is 35.9 Å². The van der Waals surface area contributed by atoms with Gasteiger partial charge in [-0.2, -0.15) is 5.10 Å². The molecule has 5 aliphatic rings. The van der Waals surface area contributed by atoms with Gasteiger partial charge in [0.15, 0.2) is 0 Å². The fraction of sp³-hybridized carbons (Fsp3) is 0.615. The maximum Gasteiger partial charge on any atom is 0.257 e. The molecule has 1 aliphatic heterocycles. The largest absolute Gasteiger partial charge is 0.497 e. The predicted octanol–water partition coefficient (Wildman–Crippen LogP) is 3.94. The molecule has 1 N–H and O–H groups in total. The van der Waals surface area contributed by atoms with E-state index in [-0.39, 0.29) is 17.4 Å². The zero-order valence-corrected chi connectivity index (χ0v) is 19.3. The Kier molecular flexibility index (Phi) is 4.33. The summed E-state index contributed by atoms with van der Waals surface area (Å²) in [4.78, 5) is 16.1. The number of methoxy groups -OCH3 is 1. The predicted molar refractivity (Wildman–Crippen MR) is 121 cm³/mol. The number of aromatic nitrogens is 2. The second-order valence-electron chi connectivity index (χ2n) is 11.3. The maximum atomic E-state index is 14.0. The van der Waals surface area contributed by atoms with E-state index in [1.807, 2.05) is 28.9 Å². The van der Waals surface area contributed by atoms with Crippen LogP contribution in [0.4, 0.5) is 0 Å². The van der Waals surface area contributed by atoms with Crippen LogP contribution in [0.15, 0.2) is 30.5 Å². The smallest absolute Gasteiger partial charge is 0.257 e. The van der Waals surface area contributed by atoms with Gasteiger partial charge in [0.1, 0.15) is 5.75 Å². The van der Waals surface area contributed by atoms with Crippen LogP contribution in [0.5, 0.6) is 5.75 Å². The fourth-order valence-corrected chi connectivity index (χ4v) is 7.60. The second kappa shape index (κ2) is 6.83. The minimum atomic E-state index is -0.481. The molecular formula is C26H33N3O3. The highest BCUT2D eigenvalue weighted by molar-refractivity contribution is 5.96. The van der Waals surface area contributed by atoms with Crippen molar-refractivity contribution >= 4 is 5.91 Å². The van der Waals surface area contributed by atoms with Gasteiger partial charge in [-0.3, -0.25) is 4.79 Å². The number of hydrogen-bond acceptors (Lipinski definition) is 4. The molecule has 1 amide bonds. The highest BCUT2D eigenvalue weighted by Gasteiger charge is 2.57. The molecule has 6 heteroatoms. The van der Waals surface area contributed by atoms with Crippen molar-refractivity contribution in [3.63, 3.8) is 0 Å². The molecule has 1 aromatic heterocycles. The molecule has 7 rings (SSSR count). The fourth-order valence-electron chi connectivity index (χ4n) is 7.60. The average molecular weight is 436 g/mol. The number of carbonyl (C=O) groups excluding carboxylic acids is 1. The lowest BCUT2D eigenvalue weighted by molar-refractivity contribution is -0.154. The van der Waals surface area contributed by atoms with Gasteiger partial charge < -0.3 is 14.7 Å². The van der Waals surface area contributed by atoms with Gasteiger partial charge in [0, 0.05) is 18.0 Å². The first kappa shape index (κ1) is 20.3. The molecule has 3 unspecified atom stereocenters. The normalized spacial score (nSPS) is 35.0. The summed E-state index contributed by atoms with van der Waals surface area (Å²) in [5.41, 5.74) is 2.01. The topological polar surface area (TPSA) is 67.6 Å². The quantitative estimate of drug-likeness (QED) is 0.793. The molecule has 4 aliphatic carbocycles. The number of benzene rings is 1. The lowest BCUT2D eigenvalue weighted by Crippen LogP contribution is -2.62. The molecule has 4 fully saturated rings. The van der Waals surface area contributed by atoms with Gasteiger partial charge in [0.25, 0.3) is 5.91 Å². The van der Waals surface area contributed by atoms with E-state index in [0.717, 1.165) is 67.8 Å². The first-order valence-corrected chi connectivity index (χ1v) is 12.0. The monoisotopic (exact) mass is 435 g/mol. The van der Waals surface area contributed by atoms with Crippen molar-refractivity contribution in [3.8, 4) is 11.4 Å². The van der Waals surface area contributed by atoms with E-state index < -0.39 is 5.60 Å². The van der Waals surface area contributed by atoms with E-state index >= 15 is 0 Å². The van der Waals surface area contributed by atoms with Crippen molar-refractivity contribution in [2.45, 2.75) is 69.4 Å². The first-order valence-electron chi connectivity index (χ1n) is 12.0. The Balaban J connectivity index is 1.38. The molecule has 32 heavy (non-hydrogen) atoms. The number of fused-ring (bicyclic) bond motifs is 1. The van der Waals surface area contributed by atoms with Gasteiger partial charge in [-0.15, -0.1) is 0 Å². The highest BCUT2D eigenvalue weighted by atomic mass is 16.5. The van der Waals surface area contributed by atoms with Crippen LogP contribution < -0.4 is 4.74 Å². The Hall–Kier alpha value is -2.34. The lowest BCUT2D eigenvalue weighted by atomic mass is 9.52.